The Morgan fingerprint density at radius 1 is 1.21 bits per heavy atom. The van der Waals surface area contributed by atoms with Crippen molar-refractivity contribution in [3.05, 3.63) is 70.8 Å². The van der Waals surface area contributed by atoms with E-state index in [1.165, 1.54) is 23.1 Å². The van der Waals surface area contributed by atoms with E-state index in [0.717, 1.165) is 18.4 Å². The van der Waals surface area contributed by atoms with Crippen LogP contribution in [0.1, 0.15) is 47.1 Å². The summed E-state index contributed by atoms with van der Waals surface area (Å²) in [7, 11) is 0. The lowest BCUT2D eigenvalue weighted by atomic mass is 9.83. The molecule has 0 aliphatic heterocycles. The van der Waals surface area contributed by atoms with Crippen molar-refractivity contribution < 1.29 is 4.79 Å². The maximum absolute atomic E-state index is 12.3. The van der Waals surface area contributed by atoms with Crippen molar-refractivity contribution in [3.63, 3.8) is 0 Å². The summed E-state index contributed by atoms with van der Waals surface area (Å²) in [6.45, 7) is 2.69. The first-order valence-corrected chi connectivity index (χ1v) is 8.33. The molecule has 0 aromatic heterocycles. The zero-order valence-electron chi connectivity index (χ0n) is 14.0. The molecule has 3 nitrogen and oxygen atoms in total. The van der Waals surface area contributed by atoms with Crippen LogP contribution in [0.2, 0.25) is 0 Å². The summed E-state index contributed by atoms with van der Waals surface area (Å²) in [5, 5.41) is 3.04. The van der Waals surface area contributed by atoms with E-state index in [-0.39, 0.29) is 18.3 Å². The van der Waals surface area contributed by atoms with Gasteiger partial charge in [0.15, 0.2) is 0 Å². The molecular weight excluding hydrogens is 320 g/mol. The molecule has 2 unspecified atom stereocenters. The average Bonchev–Trinajstić information content (AvgIpc) is 2.59. The Hall–Kier alpha value is -1.84. The molecule has 3 rings (SSSR count). The van der Waals surface area contributed by atoms with E-state index in [1.54, 1.807) is 0 Å². The number of benzene rings is 2. The van der Waals surface area contributed by atoms with Crippen molar-refractivity contribution in [1.82, 2.24) is 5.32 Å². The molecular formula is C20H25ClN2O. The van der Waals surface area contributed by atoms with Gasteiger partial charge in [0.25, 0.3) is 0 Å². The molecule has 4 heteroatoms. The summed E-state index contributed by atoms with van der Waals surface area (Å²) in [5.74, 6) is 0.297. The number of aryl methyl sites for hydroxylation is 2. The number of halogens is 1. The number of hydrogen-bond donors (Lipinski definition) is 2. The minimum atomic E-state index is -0.602. The van der Waals surface area contributed by atoms with E-state index in [2.05, 4.69) is 29.6 Å². The van der Waals surface area contributed by atoms with Crippen molar-refractivity contribution in [2.24, 2.45) is 5.73 Å². The maximum atomic E-state index is 12.3. The van der Waals surface area contributed by atoms with Crippen LogP contribution < -0.4 is 11.1 Å². The molecule has 0 saturated carbocycles. The van der Waals surface area contributed by atoms with Gasteiger partial charge >= 0.3 is 0 Å². The molecule has 24 heavy (non-hydrogen) atoms. The predicted octanol–water partition coefficient (Wildman–Crippen LogP) is 3.65. The summed E-state index contributed by atoms with van der Waals surface area (Å²) in [5.41, 5.74) is 10.9. The molecule has 3 N–H and O–H groups in total. The second kappa shape index (κ2) is 8.32. The van der Waals surface area contributed by atoms with E-state index in [0.29, 0.717) is 12.5 Å². The molecule has 0 radical (unpaired) electrons. The van der Waals surface area contributed by atoms with Gasteiger partial charge in [0.1, 0.15) is 6.04 Å². The van der Waals surface area contributed by atoms with Crippen molar-refractivity contribution >= 4 is 18.3 Å². The van der Waals surface area contributed by atoms with Gasteiger partial charge in [-0.25, -0.2) is 0 Å². The van der Waals surface area contributed by atoms with Crippen LogP contribution in [-0.4, -0.2) is 12.5 Å². The number of hydrogen-bond acceptors (Lipinski definition) is 2. The lowest BCUT2D eigenvalue weighted by Gasteiger charge is -2.26. The quantitative estimate of drug-likeness (QED) is 0.889. The van der Waals surface area contributed by atoms with Crippen LogP contribution in [0.3, 0.4) is 0 Å². The van der Waals surface area contributed by atoms with E-state index < -0.39 is 6.04 Å². The number of fused-ring (bicyclic) bond motifs is 1. The summed E-state index contributed by atoms with van der Waals surface area (Å²) in [6, 6.07) is 15.8. The Morgan fingerprint density at radius 2 is 1.92 bits per heavy atom. The van der Waals surface area contributed by atoms with Gasteiger partial charge < -0.3 is 11.1 Å². The minimum Gasteiger partial charge on any atom is -0.354 e. The maximum Gasteiger partial charge on any atom is 0.241 e. The smallest absolute Gasteiger partial charge is 0.241 e. The van der Waals surface area contributed by atoms with Gasteiger partial charge in [-0.15, -0.1) is 12.4 Å². The molecule has 1 aliphatic carbocycles. The van der Waals surface area contributed by atoms with Gasteiger partial charge in [0.2, 0.25) is 5.91 Å². The first-order chi connectivity index (χ1) is 11.1. The van der Waals surface area contributed by atoms with Crippen LogP contribution in [0.4, 0.5) is 0 Å². The number of amides is 1. The lowest BCUT2D eigenvalue weighted by Crippen LogP contribution is -2.37. The Kier molecular flexibility index (Phi) is 6.41. The van der Waals surface area contributed by atoms with Crippen molar-refractivity contribution in [2.75, 3.05) is 6.54 Å². The van der Waals surface area contributed by atoms with E-state index in [1.807, 2.05) is 31.2 Å². The molecule has 128 valence electrons. The molecule has 0 saturated heterocycles. The summed E-state index contributed by atoms with van der Waals surface area (Å²) in [6.07, 6.45) is 3.45. The number of nitrogens with one attached hydrogen (secondary N) is 1. The monoisotopic (exact) mass is 344 g/mol. The second-order valence-electron chi connectivity index (χ2n) is 6.42. The standard InChI is InChI=1S/C20H24N2O.ClH/c1-14-9-11-16(12-10-14)19(21)20(23)22-13-17-7-4-6-15-5-2-3-8-18(15)17;/h2-3,5,8-12,17,19H,4,6-7,13,21H2,1H3,(H,22,23);1H. The van der Waals surface area contributed by atoms with Crippen molar-refractivity contribution in [3.8, 4) is 0 Å². The highest BCUT2D eigenvalue weighted by molar-refractivity contribution is 5.85. The average molecular weight is 345 g/mol. The number of carbonyl (C=O) groups is 1. The number of carbonyl (C=O) groups excluding carboxylic acids is 1. The zero-order chi connectivity index (χ0) is 16.2. The molecule has 0 fully saturated rings. The van der Waals surface area contributed by atoms with E-state index >= 15 is 0 Å². The first-order valence-electron chi connectivity index (χ1n) is 8.33. The Labute approximate surface area is 150 Å². The normalized spacial score (nSPS) is 17.3. The molecule has 2 atom stereocenters. The van der Waals surface area contributed by atoms with Gasteiger partial charge in [-0.1, -0.05) is 54.1 Å². The van der Waals surface area contributed by atoms with E-state index in [9.17, 15) is 4.79 Å². The van der Waals surface area contributed by atoms with Crippen LogP contribution in [-0.2, 0) is 11.2 Å². The predicted molar refractivity (Wildman–Crippen MR) is 100 cm³/mol. The highest BCUT2D eigenvalue weighted by atomic mass is 35.5. The van der Waals surface area contributed by atoms with Gasteiger partial charge in [0, 0.05) is 12.5 Å². The van der Waals surface area contributed by atoms with Gasteiger partial charge in [-0.3, -0.25) is 4.79 Å². The van der Waals surface area contributed by atoms with Crippen LogP contribution in [0, 0.1) is 6.92 Å². The van der Waals surface area contributed by atoms with Crippen molar-refractivity contribution in [2.45, 2.75) is 38.1 Å². The highest BCUT2D eigenvalue weighted by Crippen LogP contribution is 2.30. The molecule has 1 aliphatic rings. The fourth-order valence-electron chi connectivity index (χ4n) is 3.33. The largest absolute Gasteiger partial charge is 0.354 e. The summed E-state index contributed by atoms with van der Waals surface area (Å²) in [4.78, 5) is 12.3. The summed E-state index contributed by atoms with van der Waals surface area (Å²) >= 11 is 0. The third kappa shape index (κ3) is 4.16. The first kappa shape index (κ1) is 18.5. The fraction of sp³-hybridized carbons (Fsp3) is 0.350. The Bertz CT molecular complexity index is 684. The third-order valence-electron chi connectivity index (χ3n) is 4.74. The highest BCUT2D eigenvalue weighted by Gasteiger charge is 2.22. The fourth-order valence-corrected chi connectivity index (χ4v) is 3.33. The minimum absolute atomic E-state index is 0. The van der Waals surface area contributed by atoms with E-state index in [4.69, 9.17) is 5.73 Å². The van der Waals surface area contributed by atoms with Crippen LogP contribution in [0.15, 0.2) is 48.5 Å². The SMILES string of the molecule is Cc1ccc(C(N)C(=O)NCC2CCCc3ccccc32)cc1.Cl. The van der Waals surface area contributed by atoms with Gasteiger partial charge in [-0.05, 0) is 42.9 Å². The van der Waals surface area contributed by atoms with Crippen LogP contribution in [0.5, 0.6) is 0 Å². The lowest BCUT2D eigenvalue weighted by molar-refractivity contribution is -0.122. The topological polar surface area (TPSA) is 55.1 Å². The van der Waals surface area contributed by atoms with Crippen LogP contribution in [0.25, 0.3) is 0 Å². The van der Waals surface area contributed by atoms with Crippen LogP contribution >= 0.6 is 12.4 Å². The summed E-state index contributed by atoms with van der Waals surface area (Å²) < 4.78 is 0. The zero-order valence-corrected chi connectivity index (χ0v) is 14.8. The molecule has 2 aromatic rings. The third-order valence-corrected chi connectivity index (χ3v) is 4.74. The molecule has 0 spiro atoms. The Balaban J connectivity index is 0.00000208. The second-order valence-corrected chi connectivity index (χ2v) is 6.42. The molecule has 0 bridgehead atoms. The number of rotatable bonds is 4. The molecule has 0 heterocycles. The van der Waals surface area contributed by atoms with Gasteiger partial charge in [0.05, 0.1) is 0 Å². The molecule has 2 aromatic carbocycles. The van der Waals surface area contributed by atoms with Crippen molar-refractivity contribution in [1.29, 1.82) is 0 Å². The number of nitrogens with two attached hydrogens (primary N) is 1. The van der Waals surface area contributed by atoms with Gasteiger partial charge in [-0.2, -0.15) is 0 Å². The Morgan fingerprint density at radius 3 is 2.67 bits per heavy atom. The molecule has 1 amide bonds.